The molecule has 1 aliphatic heterocycles. The first-order valence-electron chi connectivity index (χ1n) is 8.61. The lowest BCUT2D eigenvalue weighted by Crippen LogP contribution is -2.37. The zero-order valence-electron chi connectivity index (χ0n) is 14.7. The highest BCUT2D eigenvalue weighted by Gasteiger charge is 2.24. The summed E-state index contributed by atoms with van der Waals surface area (Å²) < 4.78 is 5.13. The van der Waals surface area contributed by atoms with Gasteiger partial charge in [-0.25, -0.2) is 0 Å². The van der Waals surface area contributed by atoms with E-state index in [0.29, 0.717) is 42.2 Å². The van der Waals surface area contributed by atoms with E-state index in [1.54, 1.807) is 42.3 Å². The molecule has 2 amide bonds. The van der Waals surface area contributed by atoms with Crippen molar-refractivity contribution in [3.8, 4) is 5.75 Å². The predicted octanol–water partition coefficient (Wildman–Crippen LogP) is 2.97. The summed E-state index contributed by atoms with van der Waals surface area (Å²) in [7, 11) is 1.60. The number of ether oxygens (including phenoxy) is 1. The van der Waals surface area contributed by atoms with Gasteiger partial charge in [-0.1, -0.05) is 12.1 Å². The topological polar surface area (TPSA) is 49.9 Å². The number of rotatable bonds is 3. The van der Waals surface area contributed by atoms with Crippen LogP contribution in [0.5, 0.6) is 5.75 Å². The molecule has 0 saturated carbocycles. The van der Waals surface area contributed by atoms with Crippen LogP contribution in [0, 0.1) is 0 Å². The number of nitrogens with zero attached hydrogens (tertiary/aromatic N) is 2. The minimum Gasteiger partial charge on any atom is -0.497 e. The third kappa shape index (κ3) is 4.02. The van der Waals surface area contributed by atoms with Gasteiger partial charge < -0.3 is 14.5 Å². The molecule has 0 unspecified atom stereocenters. The van der Waals surface area contributed by atoms with Crippen molar-refractivity contribution in [1.29, 1.82) is 0 Å². The molecule has 2 aromatic carbocycles. The van der Waals surface area contributed by atoms with Crippen molar-refractivity contribution >= 4 is 24.4 Å². The lowest BCUT2D eigenvalue weighted by molar-refractivity contribution is 0.0717. The van der Waals surface area contributed by atoms with Crippen LogP contribution in [-0.4, -0.2) is 54.9 Å². The fourth-order valence-electron chi connectivity index (χ4n) is 3.06. The van der Waals surface area contributed by atoms with Gasteiger partial charge in [0.15, 0.2) is 0 Å². The zero-order valence-corrected chi connectivity index (χ0v) is 15.6. The molecule has 1 heterocycles. The van der Waals surface area contributed by atoms with Crippen LogP contribution in [0.4, 0.5) is 0 Å². The van der Waals surface area contributed by atoms with E-state index in [1.165, 1.54) is 0 Å². The van der Waals surface area contributed by atoms with Crippen LogP contribution in [0.2, 0.25) is 0 Å². The quantitative estimate of drug-likeness (QED) is 0.845. The highest BCUT2D eigenvalue weighted by molar-refractivity contribution is 7.80. The van der Waals surface area contributed by atoms with Gasteiger partial charge in [-0.05, 0) is 42.8 Å². The molecule has 136 valence electrons. The molecule has 0 radical (unpaired) electrons. The fourth-order valence-corrected chi connectivity index (χ4v) is 3.32. The van der Waals surface area contributed by atoms with Crippen molar-refractivity contribution in [3.63, 3.8) is 0 Å². The second kappa shape index (κ2) is 8.27. The van der Waals surface area contributed by atoms with Gasteiger partial charge >= 0.3 is 0 Å². The number of amides is 2. The Balaban J connectivity index is 1.67. The molecule has 2 aromatic rings. The van der Waals surface area contributed by atoms with Gasteiger partial charge in [0.05, 0.1) is 12.7 Å². The minimum atomic E-state index is -0.0330. The maximum absolute atomic E-state index is 12.8. The first-order chi connectivity index (χ1) is 12.6. The van der Waals surface area contributed by atoms with E-state index in [-0.39, 0.29) is 11.8 Å². The Kier molecular flexibility index (Phi) is 5.83. The zero-order chi connectivity index (χ0) is 18.5. The number of hydrogen-bond acceptors (Lipinski definition) is 4. The van der Waals surface area contributed by atoms with Gasteiger partial charge in [-0.2, -0.15) is 0 Å². The molecular weight excluding hydrogens is 348 g/mol. The molecule has 1 saturated heterocycles. The Morgan fingerprint density at radius 1 is 0.885 bits per heavy atom. The van der Waals surface area contributed by atoms with Crippen molar-refractivity contribution in [2.45, 2.75) is 11.3 Å². The second-order valence-electron chi connectivity index (χ2n) is 6.18. The first kappa shape index (κ1) is 18.3. The van der Waals surface area contributed by atoms with E-state index in [4.69, 9.17) is 4.74 Å². The maximum Gasteiger partial charge on any atom is 0.255 e. The van der Waals surface area contributed by atoms with E-state index in [0.717, 1.165) is 12.2 Å². The van der Waals surface area contributed by atoms with Crippen molar-refractivity contribution in [2.24, 2.45) is 0 Å². The lowest BCUT2D eigenvalue weighted by Gasteiger charge is -2.23. The van der Waals surface area contributed by atoms with E-state index >= 15 is 0 Å². The molecule has 1 aliphatic rings. The van der Waals surface area contributed by atoms with Gasteiger partial charge in [0, 0.05) is 36.6 Å². The molecular formula is C20H22N2O3S. The van der Waals surface area contributed by atoms with Crippen LogP contribution >= 0.6 is 12.6 Å². The molecule has 5 nitrogen and oxygen atoms in total. The van der Waals surface area contributed by atoms with E-state index < -0.39 is 0 Å². The summed E-state index contributed by atoms with van der Waals surface area (Å²) in [4.78, 5) is 29.8. The number of methoxy groups -OCH3 is 1. The third-order valence-corrected chi connectivity index (χ3v) is 4.93. The summed E-state index contributed by atoms with van der Waals surface area (Å²) >= 11 is 4.38. The molecule has 6 heteroatoms. The van der Waals surface area contributed by atoms with Gasteiger partial charge in [0.2, 0.25) is 0 Å². The van der Waals surface area contributed by atoms with Crippen LogP contribution in [-0.2, 0) is 0 Å². The predicted molar refractivity (Wildman–Crippen MR) is 103 cm³/mol. The molecule has 0 aromatic heterocycles. The SMILES string of the molecule is COc1ccc(C(=O)N2CCCN(C(=O)c3ccccc3S)CC2)cc1. The summed E-state index contributed by atoms with van der Waals surface area (Å²) in [5.74, 6) is 0.672. The molecule has 1 fully saturated rings. The number of thiol groups is 1. The fraction of sp³-hybridized carbons (Fsp3) is 0.300. The summed E-state index contributed by atoms with van der Waals surface area (Å²) in [6.45, 7) is 2.30. The summed E-state index contributed by atoms with van der Waals surface area (Å²) in [6, 6.07) is 14.4. The van der Waals surface area contributed by atoms with Crippen molar-refractivity contribution in [2.75, 3.05) is 33.3 Å². The first-order valence-corrected chi connectivity index (χ1v) is 9.05. The van der Waals surface area contributed by atoms with Gasteiger partial charge in [0.25, 0.3) is 11.8 Å². The lowest BCUT2D eigenvalue weighted by atomic mass is 10.2. The Labute approximate surface area is 159 Å². The average molecular weight is 370 g/mol. The molecule has 26 heavy (non-hydrogen) atoms. The maximum atomic E-state index is 12.8. The Morgan fingerprint density at radius 2 is 1.50 bits per heavy atom. The highest BCUT2D eigenvalue weighted by atomic mass is 32.1. The standard InChI is InChI=1S/C20H22N2O3S/c1-25-16-9-7-15(8-10-16)19(23)21-11-4-12-22(14-13-21)20(24)17-5-2-3-6-18(17)26/h2-3,5-10,26H,4,11-14H2,1H3. The minimum absolute atomic E-state index is 0.0171. The van der Waals surface area contributed by atoms with Crippen molar-refractivity contribution in [3.05, 3.63) is 59.7 Å². The largest absolute Gasteiger partial charge is 0.497 e. The molecule has 0 atom stereocenters. The van der Waals surface area contributed by atoms with Crippen LogP contribution in [0.3, 0.4) is 0 Å². The number of carbonyl (C=O) groups excluding carboxylic acids is 2. The molecule has 3 rings (SSSR count). The molecule has 0 spiro atoms. The Morgan fingerprint density at radius 3 is 2.12 bits per heavy atom. The number of hydrogen-bond donors (Lipinski definition) is 1. The smallest absolute Gasteiger partial charge is 0.255 e. The van der Waals surface area contributed by atoms with Gasteiger partial charge in [-0.15, -0.1) is 12.6 Å². The van der Waals surface area contributed by atoms with Gasteiger partial charge in [-0.3, -0.25) is 9.59 Å². The molecule has 0 bridgehead atoms. The van der Waals surface area contributed by atoms with Crippen LogP contribution in [0.25, 0.3) is 0 Å². The normalized spacial score (nSPS) is 14.7. The third-order valence-electron chi connectivity index (χ3n) is 4.54. The number of carbonyl (C=O) groups is 2. The summed E-state index contributed by atoms with van der Waals surface area (Å²) in [6.07, 6.45) is 0.752. The van der Waals surface area contributed by atoms with Crippen molar-refractivity contribution < 1.29 is 14.3 Å². The van der Waals surface area contributed by atoms with Crippen LogP contribution < -0.4 is 4.74 Å². The molecule has 0 N–H and O–H groups in total. The Hall–Kier alpha value is -2.47. The molecule has 0 aliphatic carbocycles. The van der Waals surface area contributed by atoms with E-state index in [1.807, 2.05) is 23.1 Å². The Bertz CT molecular complexity index is 792. The van der Waals surface area contributed by atoms with E-state index in [2.05, 4.69) is 12.6 Å². The van der Waals surface area contributed by atoms with E-state index in [9.17, 15) is 9.59 Å². The highest BCUT2D eigenvalue weighted by Crippen LogP contribution is 2.18. The van der Waals surface area contributed by atoms with Crippen molar-refractivity contribution in [1.82, 2.24) is 9.80 Å². The van der Waals surface area contributed by atoms with Gasteiger partial charge in [0.1, 0.15) is 5.75 Å². The monoisotopic (exact) mass is 370 g/mol. The summed E-state index contributed by atoms with van der Waals surface area (Å²) in [5.41, 5.74) is 1.23. The van der Waals surface area contributed by atoms with Crippen LogP contribution in [0.1, 0.15) is 27.1 Å². The average Bonchev–Trinajstić information content (AvgIpc) is 2.93. The van der Waals surface area contributed by atoms with Crippen LogP contribution in [0.15, 0.2) is 53.4 Å². The number of benzene rings is 2. The second-order valence-corrected chi connectivity index (χ2v) is 6.67. The summed E-state index contributed by atoms with van der Waals surface area (Å²) in [5, 5.41) is 0.